The van der Waals surface area contributed by atoms with E-state index >= 15 is 0 Å². The Kier molecular flexibility index (Phi) is 21.4. The van der Waals surface area contributed by atoms with Crippen LogP contribution in [0, 0.1) is 51.6 Å². The Morgan fingerprint density at radius 1 is 0.800 bits per heavy atom. The monoisotopic (exact) mass is 442 g/mol. The van der Waals surface area contributed by atoms with Gasteiger partial charge >= 0.3 is 33.9 Å². The van der Waals surface area contributed by atoms with Crippen molar-refractivity contribution in [2.45, 2.75) is 0 Å². The first-order valence-corrected chi connectivity index (χ1v) is 4.87. The third-order valence-electron chi connectivity index (χ3n) is 2.09. The fraction of sp³-hybridized carbons (Fsp3) is 0.0667. The summed E-state index contributed by atoms with van der Waals surface area (Å²) in [5, 5.41) is 0. The molecule has 0 aromatic heterocycles. The topological polar surface area (TPSA) is 68.9 Å². The summed E-state index contributed by atoms with van der Waals surface area (Å²) in [7, 11) is 1.68. The van der Waals surface area contributed by atoms with Crippen LogP contribution in [-0.2, 0) is 34.4 Å². The molecular formula is C15H11O4Re. The van der Waals surface area contributed by atoms with E-state index in [1.807, 2.05) is 25.0 Å². The molecule has 1 saturated carbocycles. The largest absolute Gasteiger partial charge is 0 e. The molecule has 0 amide bonds. The molecule has 1 aliphatic rings. The predicted octanol–water partition coefficient (Wildman–Crippen LogP) is 2.33. The van der Waals surface area contributed by atoms with Gasteiger partial charge in [0.1, 0.15) is 5.75 Å². The van der Waals surface area contributed by atoms with Crippen molar-refractivity contribution in [2.75, 3.05) is 7.11 Å². The molecule has 0 spiro atoms. The van der Waals surface area contributed by atoms with E-state index in [1.54, 1.807) is 7.11 Å². The number of rotatable bonds is 2. The average molecular weight is 441 g/mol. The molecule has 0 heterocycles. The van der Waals surface area contributed by atoms with Crippen LogP contribution in [0.15, 0.2) is 24.3 Å². The normalized spacial score (nSPS) is 11.8. The van der Waals surface area contributed by atoms with Gasteiger partial charge in [0.2, 0.25) is 0 Å². The van der Waals surface area contributed by atoms with E-state index < -0.39 is 0 Å². The minimum absolute atomic E-state index is 0. The summed E-state index contributed by atoms with van der Waals surface area (Å²) in [6.45, 7) is 13.5. The van der Waals surface area contributed by atoms with Crippen LogP contribution in [0.3, 0.4) is 0 Å². The van der Waals surface area contributed by atoms with E-state index in [9.17, 15) is 0 Å². The Morgan fingerprint density at radius 3 is 1.55 bits per heavy atom. The van der Waals surface area contributed by atoms with Gasteiger partial charge < -0.3 is 4.74 Å². The summed E-state index contributed by atoms with van der Waals surface area (Å²) >= 11 is 0. The molecule has 1 aromatic carbocycles. The van der Waals surface area contributed by atoms with Gasteiger partial charge in [-0.3, -0.25) is 0 Å². The number of benzene rings is 1. The third kappa shape index (κ3) is 8.91. The fourth-order valence-electron chi connectivity index (χ4n) is 1.35. The van der Waals surface area contributed by atoms with Gasteiger partial charge in [0.05, 0.1) is 7.11 Å². The zero-order valence-electron chi connectivity index (χ0n) is 10.6. The SMILES string of the molecule is COc1ccc([C]2[CH][CH][CH][CH]2)cc1.[C-]#[O+].[C-]#[O+].[C-]#[O+].[Re]. The molecule has 0 unspecified atom stereocenters. The van der Waals surface area contributed by atoms with Crippen LogP contribution < -0.4 is 4.74 Å². The minimum Gasteiger partial charge on any atom is 0 e. The van der Waals surface area contributed by atoms with Gasteiger partial charge in [0, 0.05) is 26.3 Å². The smallest absolute Gasteiger partial charge is 0 e. The Labute approximate surface area is 133 Å². The minimum atomic E-state index is 0. The summed E-state index contributed by atoms with van der Waals surface area (Å²) in [5.41, 5.74) is 1.23. The average Bonchev–Trinajstić information content (AvgIpc) is 3.08. The molecule has 1 aromatic rings. The summed E-state index contributed by atoms with van der Waals surface area (Å²) in [5.74, 6) is 2.15. The van der Waals surface area contributed by atoms with Crippen LogP contribution in [0.1, 0.15) is 5.56 Å². The summed E-state index contributed by atoms with van der Waals surface area (Å²) in [6.07, 6.45) is 8.28. The van der Waals surface area contributed by atoms with Crippen LogP contribution in [0.25, 0.3) is 0 Å². The summed E-state index contributed by atoms with van der Waals surface area (Å²) in [6, 6.07) is 8.08. The number of ether oxygens (including phenoxy) is 1. The zero-order valence-corrected chi connectivity index (χ0v) is 13.3. The molecule has 0 bridgehead atoms. The van der Waals surface area contributed by atoms with Crippen LogP contribution >= 0.6 is 0 Å². The first-order chi connectivity index (χ1) is 9.40. The zero-order chi connectivity index (χ0) is 15.1. The van der Waals surface area contributed by atoms with Crippen LogP contribution in [-0.4, -0.2) is 7.11 Å². The van der Waals surface area contributed by atoms with Crippen molar-refractivity contribution in [1.29, 1.82) is 0 Å². The first kappa shape index (κ1) is 24.0. The quantitative estimate of drug-likeness (QED) is 0.513. The van der Waals surface area contributed by atoms with Gasteiger partial charge in [-0.05, 0) is 43.4 Å². The molecule has 5 heteroatoms. The van der Waals surface area contributed by atoms with E-state index in [2.05, 4.69) is 44.9 Å². The fourth-order valence-corrected chi connectivity index (χ4v) is 1.35. The number of hydrogen-bond acceptors (Lipinski definition) is 1. The van der Waals surface area contributed by atoms with Crippen LogP contribution in [0.4, 0.5) is 0 Å². The maximum atomic E-state index is 7.50. The molecule has 0 atom stereocenters. The van der Waals surface area contributed by atoms with Crippen molar-refractivity contribution in [2.24, 2.45) is 0 Å². The molecule has 6 radical (unpaired) electrons. The molecule has 0 saturated heterocycles. The second-order valence-electron chi connectivity index (χ2n) is 2.90. The maximum Gasteiger partial charge on any atom is 0 e. The van der Waals surface area contributed by atoms with E-state index in [-0.39, 0.29) is 20.4 Å². The van der Waals surface area contributed by atoms with Crippen molar-refractivity contribution < 1.29 is 39.1 Å². The van der Waals surface area contributed by atoms with Gasteiger partial charge in [-0.25, -0.2) is 0 Å². The van der Waals surface area contributed by atoms with Gasteiger partial charge in [-0.1, -0.05) is 12.1 Å². The van der Waals surface area contributed by atoms with E-state index in [1.165, 1.54) is 11.5 Å². The van der Waals surface area contributed by atoms with Crippen molar-refractivity contribution in [3.63, 3.8) is 0 Å². The molecule has 4 nitrogen and oxygen atoms in total. The van der Waals surface area contributed by atoms with Crippen molar-refractivity contribution in [3.8, 4) is 5.75 Å². The number of hydrogen-bond donors (Lipinski definition) is 0. The van der Waals surface area contributed by atoms with Gasteiger partial charge in [0.15, 0.2) is 0 Å². The first-order valence-electron chi connectivity index (χ1n) is 4.87. The molecule has 2 rings (SSSR count). The van der Waals surface area contributed by atoms with E-state index in [0.717, 1.165) is 5.75 Å². The third-order valence-corrected chi connectivity index (χ3v) is 2.09. The molecule has 0 aliphatic heterocycles. The van der Waals surface area contributed by atoms with Gasteiger partial charge in [-0.2, -0.15) is 0 Å². The Hall–Kier alpha value is -1.10. The van der Waals surface area contributed by atoms with E-state index in [0.29, 0.717) is 0 Å². The van der Waals surface area contributed by atoms with Crippen molar-refractivity contribution in [1.82, 2.24) is 0 Å². The van der Waals surface area contributed by atoms with Crippen LogP contribution in [0.5, 0.6) is 5.75 Å². The second-order valence-corrected chi connectivity index (χ2v) is 2.90. The molecule has 102 valence electrons. The summed E-state index contributed by atoms with van der Waals surface area (Å²) < 4.78 is 27.6. The van der Waals surface area contributed by atoms with Crippen molar-refractivity contribution in [3.05, 3.63) is 81.4 Å². The predicted molar refractivity (Wildman–Crippen MR) is 64.3 cm³/mol. The van der Waals surface area contributed by atoms with Crippen LogP contribution in [0.2, 0.25) is 0 Å². The molecule has 1 fully saturated rings. The second kappa shape index (κ2) is 17.9. The van der Waals surface area contributed by atoms with Gasteiger partial charge in [-0.15, -0.1) is 0 Å². The Morgan fingerprint density at radius 2 is 1.20 bits per heavy atom. The molecular weight excluding hydrogens is 430 g/mol. The van der Waals surface area contributed by atoms with Crippen molar-refractivity contribution >= 4 is 0 Å². The maximum absolute atomic E-state index is 7.50. The molecule has 0 N–H and O–H groups in total. The molecule has 1 aliphatic carbocycles. The standard InChI is InChI=1S/C12H11O.3CO.Re/c1-13-12-8-6-11(7-9-12)10-4-2-3-5-10;3*1-2;/h2-9H,1H3;;;;. The molecule has 20 heavy (non-hydrogen) atoms. The number of methoxy groups -OCH3 is 1. The Balaban J connectivity index is -0.000000368. The van der Waals surface area contributed by atoms with E-state index in [4.69, 9.17) is 18.7 Å². The van der Waals surface area contributed by atoms with Gasteiger partial charge in [0.25, 0.3) is 0 Å². The Bertz CT molecular complexity index is 361. The summed E-state index contributed by atoms with van der Waals surface area (Å²) in [4.78, 5) is 0.